The van der Waals surface area contributed by atoms with Crippen molar-refractivity contribution in [2.24, 2.45) is 16.6 Å². The van der Waals surface area contributed by atoms with Crippen molar-refractivity contribution in [1.29, 1.82) is 0 Å². The van der Waals surface area contributed by atoms with Crippen molar-refractivity contribution in [1.82, 2.24) is 5.32 Å². The first-order valence-corrected chi connectivity index (χ1v) is 6.18. The first-order valence-electron chi connectivity index (χ1n) is 6.18. The Morgan fingerprint density at radius 1 is 1.26 bits per heavy atom. The van der Waals surface area contributed by atoms with Crippen LogP contribution in [0.2, 0.25) is 0 Å². The summed E-state index contributed by atoms with van der Waals surface area (Å²) in [6.45, 7) is 0. The third-order valence-electron chi connectivity index (χ3n) is 4.95. The van der Waals surface area contributed by atoms with E-state index < -0.39 is 54.2 Å². The largest absolute Gasteiger partial charge is 0.388 e. The van der Waals surface area contributed by atoms with E-state index in [9.17, 15) is 15.3 Å². The van der Waals surface area contributed by atoms with E-state index in [0.29, 0.717) is 0 Å². The number of rotatable bonds is 0. The standard InChI is InChI=1S/C10H13N3O6/c11-8-12-6-1-3-2(14)4-5(15)9(1,13-8)7(17-6)10(16,18-3)19-4/h1-7,14-16H,(H3,11,12,13)/t1-,2-,3-,4-,5-,6+,7+,9-,10+/m1/s1. The Morgan fingerprint density at radius 2 is 2.00 bits per heavy atom. The molecule has 5 heterocycles. The molecule has 7 bridgehead atoms. The van der Waals surface area contributed by atoms with Crippen LogP contribution in [0.5, 0.6) is 0 Å². The Balaban J connectivity index is 1.78. The molecule has 4 saturated heterocycles. The zero-order valence-corrected chi connectivity index (χ0v) is 9.63. The molecule has 0 unspecified atom stereocenters. The van der Waals surface area contributed by atoms with E-state index in [1.54, 1.807) is 0 Å². The van der Waals surface area contributed by atoms with Gasteiger partial charge in [0.05, 0.1) is 5.92 Å². The van der Waals surface area contributed by atoms with Crippen LogP contribution in [0, 0.1) is 5.92 Å². The highest BCUT2D eigenvalue weighted by atomic mass is 16.9. The van der Waals surface area contributed by atoms with Gasteiger partial charge in [0.1, 0.15) is 30.0 Å². The molecule has 0 aromatic heterocycles. The fourth-order valence-electron chi connectivity index (χ4n) is 4.32. The van der Waals surface area contributed by atoms with Crippen LogP contribution < -0.4 is 11.1 Å². The number of aliphatic hydroxyl groups is 3. The molecular weight excluding hydrogens is 258 g/mol. The highest BCUT2D eigenvalue weighted by molar-refractivity contribution is 5.80. The number of hydrogen-bond donors (Lipinski definition) is 5. The maximum Gasteiger partial charge on any atom is 0.311 e. The number of aliphatic imine (C=N–C) groups is 1. The van der Waals surface area contributed by atoms with E-state index in [-0.39, 0.29) is 5.96 Å². The van der Waals surface area contributed by atoms with Gasteiger partial charge in [-0.05, 0) is 0 Å². The van der Waals surface area contributed by atoms with E-state index in [1.165, 1.54) is 0 Å². The van der Waals surface area contributed by atoms with E-state index >= 15 is 0 Å². The molecule has 1 aliphatic carbocycles. The van der Waals surface area contributed by atoms with Gasteiger partial charge in [0, 0.05) is 0 Å². The molecule has 6 rings (SSSR count). The first kappa shape index (κ1) is 10.8. The quantitative estimate of drug-likeness (QED) is 0.302. The highest BCUT2D eigenvalue weighted by Crippen LogP contribution is 2.60. The molecule has 9 heteroatoms. The average molecular weight is 271 g/mol. The number of aliphatic hydroxyl groups excluding tert-OH is 2. The molecule has 6 aliphatic rings. The van der Waals surface area contributed by atoms with Crippen molar-refractivity contribution in [2.45, 2.75) is 48.3 Å². The Labute approximate surface area is 107 Å². The summed E-state index contributed by atoms with van der Waals surface area (Å²) in [5, 5.41) is 34.0. The molecule has 9 atom stereocenters. The van der Waals surface area contributed by atoms with Crippen LogP contribution in [0.3, 0.4) is 0 Å². The summed E-state index contributed by atoms with van der Waals surface area (Å²) in [5.74, 6) is -2.27. The number of nitrogens with one attached hydrogen (secondary N) is 1. The summed E-state index contributed by atoms with van der Waals surface area (Å²) in [6.07, 6.45) is -5.41. The van der Waals surface area contributed by atoms with E-state index in [2.05, 4.69) is 10.3 Å². The number of nitrogens with two attached hydrogens (primary N) is 1. The van der Waals surface area contributed by atoms with Crippen molar-refractivity contribution < 1.29 is 29.5 Å². The lowest BCUT2D eigenvalue weighted by Crippen LogP contribution is -2.89. The fourth-order valence-corrected chi connectivity index (χ4v) is 4.32. The summed E-state index contributed by atoms with van der Waals surface area (Å²) in [4.78, 5) is 4.11. The Morgan fingerprint density at radius 3 is 2.79 bits per heavy atom. The summed E-state index contributed by atoms with van der Waals surface area (Å²) in [7, 11) is 0. The van der Waals surface area contributed by atoms with Crippen molar-refractivity contribution in [2.75, 3.05) is 0 Å². The number of hydrogen-bond acceptors (Lipinski definition) is 9. The molecule has 0 aromatic carbocycles. The minimum atomic E-state index is -1.99. The van der Waals surface area contributed by atoms with Crippen molar-refractivity contribution in [3.63, 3.8) is 0 Å². The van der Waals surface area contributed by atoms with Gasteiger partial charge in [0.2, 0.25) is 0 Å². The lowest BCUT2D eigenvalue weighted by Gasteiger charge is -2.65. The lowest BCUT2D eigenvalue weighted by molar-refractivity contribution is -0.512. The molecule has 9 nitrogen and oxygen atoms in total. The van der Waals surface area contributed by atoms with Gasteiger partial charge in [0.15, 0.2) is 18.3 Å². The Bertz CT molecular complexity index is 515. The van der Waals surface area contributed by atoms with Gasteiger partial charge in [-0.1, -0.05) is 0 Å². The van der Waals surface area contributed by atoms with Crippen LogP contribution in [0.15, 0.2) is 4.99 Å². The lowest BCUT2D eigenvalue weighted by atomic mass is 9.61. The number of nitrogens with zero attached hydrogens (tertiary/aromatic N) is 1. The molecular formula is C10H13N3O6. The summed E-state index contributed by atoms with van der Waals surface area (Å²) in [5.41, 5.74) is 4.68. The molecule has 5 fully saturated rings. The second-order valence-corrected chi connectivity index (χ2v) is 5.74. The molecule has 104 valence electrons. The molecule has 6 N–H and O–H groups in total. The molecule has 19 heavy (non-hydrogen) atoms. The SMILES string of the molecule is NC1=N[C@H]2O[C@@H]3[C@@]4(O)O[C@@H]5[C@H](O)[C@H](O4)[C@H]2[C@@]3(N1)[C@@H]5O. The predicted molar refractivity (Wildman–Crippen MR) is 56.3 cm³/mol. The Hall–Kier alpha value is -0.970. The molecule has 0 radical (unpaired) electrons. The van der Waals surface area contributed by atoms with Gasteiger partial charge in [-0.3, -0.25) is 0 Å². The van der Waals surface area contributed by atoms with Gasteiger partial charge in [-0.15, -0.1) is 0 Å². The average Bonchev–Trinajstić information content (AvgIpc) is 2.51. The van der Waals surface area contributed by atoms with Crippen LogP contribution in [0.4, 0.5) is 0 Å². The molecule has 1 saturated carbocycles. The van der Waals surface area contributed by atoms with Crippen molar-refractivity contribution >= 4 is 5.96 Å². The second kappa shape index (κ2) is 2.73. The van der Waals surface area contributed by atoms with Crippen LogP contribution in [-0.2, 0) is 14.2 Å². The molecule has 0 aromatic rings. The van der Waals surface area contributed by atoms with Gasteiger partial charge in [-0.25, -0.2) is 4.99 Å². The maximum absolute atomic E-state index is 10.5. The second-order valence-electron chi connectivity index (χ2n) is 5.74. The molecule has 5 aliphatic heterocycles. The van der Waals surface area contributed by atoms with Crippen LogP contribution in [0.25, 0.3) is 0 Å². The molecule has 1 spiro atoms. The molecule has 0 amide bonds. The number of ether oxygens (including phenoxy) is 3. The minimum absolute atomic E-state index is 0.142. The maximum atomic E-state index is 10.5. The van der Waals surface area contributed by atoms with Crippen molar-refractivity contribution in [3.8, 4) is 0 Å². The smallest absolute Gasteiger partial charge is 0.311 e. The number of guanidine groups is 1. The third kappa shape index (κ3) is 0.882. The normalized spacial score (nSPS) is 67.9. The van der Waals surface area contributed by atoms with E-state index in [4.69, 9.17) is 19.9 Å². The first-order chi connectivity index (χ1) is 8.97. The highest BCUT2D eigenvalue weighted by Gasteiger charge is 2.83. The van der Waals surface area contributed by atoms with Crippen molar-refractivity contribution in [3.05, 3.63) is 0 Å². The predicted octanol–water partition coefficient (Wildman–Crippen LogP) is -3.84. The topological polar surface area (TPSA) is 139 Å². The van der Waals surface area contributed by atoms with Crippen LogP contribution in [0.1, 0.15) is 0 Å². The zero-order valence-electron chi connectivity index (χ0n) is 9.63. The van der Waals surface area contributed by atoms with Crippen LogP contribution in [-0.4, -0.2) is 69.5 Å². The van der Waals surface area contributed by atoms with E-state index in [0.717, 1.165) is 0 Å². The zero-order chi connectivity index (χ0) is 13.2. The summed E-state index contributed by atoms with van der Waals surface area (Å²) >= 11 is 0. The van der Waals surface area contributed by atoms with Gasteiger partial charge >= 0.3 is 5.97 Å². The van der Waals surface area contributed by atoms with Gasteiger partial charge in [-0.2, -0.15) is 0 Å². The Kier molecular flexibility index (Phi) is 1.55. The van der Waals surface area contributed by atoms with Gasteiger partial charge < -0.3 is 40.6 Å². The fraction of sp³-hybridized carbons (Fsp3) is 0.900. The summed E-state index contributed by atoms with van der Waals surface area (Å²) in [6, 6.07) is 0. The minimum Gasteiger partial charge on any atom is -0.388 e. The monoisotopic (exact) mass is 271 g/mol. The van der Waals surface area contributed by atoms with Crippen LogP contribution >= 0.6 is 0 Å². The van der Waals surface area contributed by atoms with Gasteiger partial charge in [0.25, 0.3) is 0 Å². The third-order valence-corrected chi connectivity index (χ3v) is 4.95. The summed E-state index contributed by atoms with van der Waals surface area (Å²) < 4.78 is 16.4. The van der Waals surface area contributed by atoms with E-state index in [1.807, 2.05) is 0 Å².